The molecule has 0 heterocycles. The Morgan fingerprint density at radius 3 is 2.22 bits per heavy atom. The van der Waals surface area contributed by atoms with Crippen molar-refractivity contribution in [3.05, 3.63) is 59.2 Å². The number of carbonyl (C=O) groups excluding carboxylic acids is 2. The van der Waals surface area contributed by atoms with Gasteiger partial charge in [0, 0.05) is 25.3 Å². The van der Waals surface area contributed by atoms with Crippen LogP contribution < -0.4 is 10.2 Å². The minimum absolute atomic E-state index is 0.0229. The lowest BCUT2D eigenvalue weighted by atomic mass is 10.1. The van der Waals surface area contributed by atoms with E-state index in [4.69, 9.17) is 0 Å². The summed E-state index contributed by atoms with van der Waals surface area (Å²) in [7, 11) is 1.73. The summed E-state index contributed by atoms with van der Waals surface area (Å²) in [5.74, 6) is -0.0776. The monoisotopic (exact) mass is 310 g/mol. The Balaban J connectivity index is 2.00. The number of aryl methyl sites for hydroxylation is 2. The Kier molecular flexibility index (Phi) is 5.16. The SMILES string of the molecule is CC(=O)N(C)c1ccc(CC(=O)Nc2ccc(C)c(C)c2)cc1. The standard InChI is InChI=1S/C19H22N2O2/c1-13-5-8-17(11-14(13)2)20-19(23)12-16-6-9-18(10-7-16)21(4)15(3)22/h5-11H,12H2,1-4H3,(H,20,23). The number of amides is 2. The first-order valence-corrected chi connectivity index (χ1v) is 7.57. The molecule has 2 rings (SSSR count). The highest BCUT2D eigenvalue weighted by molar-refractivity contribution is 5.93. The number of anilines is 2. The average molecular weight is 310 g/mol. The molecule has 0 atom stereocenters. The Bertz CT molecular complexity index is 721. The molecular formula is C19H22N2O2. The molecule has 0 aliphatic rings. The van der Waals surface area contributed by atoms with E-state index in [-0.39, 0.29) is 11.8 Å². The van der Waals surface area contributed by atoms with Gasteiger partial charge in [-0.2, -0.15) is 0 Å². The first-order valence-electron chi connectivity index (χ1n) is 7.57. The Hall–Kier alpha value is -2.62. The van der Waals surface area contributed by atoms with Gasteiger partial charge in [0.25, 0.3) is 0 Å². The first kappa shape index (κ1) is 16.7. The van der Waals surface area contributed by atoms with E-state index in [9.17, 15) is 9.59 Å². The lowest BCUT2D eigenvalue weighted by molar-refractivity contribution is -0.116. The molecule has 120 valence electrons. The van der Waals surface area contributed by atoms with Crippen molar-refractivity contribution in [2.24, 2.45) is 0 Å². The third kappa shape index (κ3) is 4.42. The van der Waals surface area contributed by atoms with Crippen LogP contribution in [-0.2, 0) is 16.0 Å². The number of nitrogens with one attached hydrogen (secondary N) is 1. The summed E-state index contributed by atoms with van der Waals surface area (Å²) in [4.78, 5) is 25.0. The number of nitrogens with zero attached hydrogens (tertiary/aromatic N) is 1. The zero-order valence-corrected chi connectivity index (χ0v) is 14.0. The molecule has 4 heteroatoms. The molecular weight excluding hydrogens is 288 g/mol. The quantitative estimate of drug-likeness (QED) is 0.940. The molecule has 4 nitrogen and oxygen atoms in total. The molecule has 0 aromatic heterocycles. The van der Waals surface area contributed by atoms with E-state index in [1.54, 1.807) is 11.9 Å². The summed E-state index contributed by atoms with van der Waals surface area (Å²) in [5, 5.41) is 2.91. The van der Waals surface area contributed by atoms with Crippen molar-refractivity contribution in [2.75, 3.05) is 17.3 Å². The molecule has 0 aliphatic heterocycles. The molecule has 23 heavy (non-hydrogen) atoms. The predicted octanol–water partition coefficient (Wildman–Crippen LogP) is 3.47. The van der Waals surface area contributed by atoms with Gasteiger partial charge in [0.2, 0.25) is 11.8 Å². The van der Waals surface area contributed by atoms with Gasteiger partial charge in [-0.1, -0.05) is 18.2 Å². The third-order valence-corrected chi connectivity index (χ3v) is 3.95. The lowest BCUT2D eigenvalue weighted by Gasteiger charge is -2.15. The van der Waals surface area contributed by atoms with Gasteiger partial charge >= 0.3 is 0 Å². The molecule has 0 radical (unpaired) electrons. The second-order valence-electron chi connectivity index (χ2n) is 5.77. The summed E-state index contributed by atoms with van der Waals surface area (Å²) >= 11 is 0. The van der Waals surface area contributed by atoms with Gasteiger partial charge in [-0.15, -0.1) is 0 Å². The average Bonchev–Trinajstić information content (AvgIpc) is 2.51. The molecule has 0 saturated carbocycles. The van der Waals surface area contributed by atoms with Crippen LogP contribution in [0.2, 0.25) is 0 Å². The maximum atomic E-state index is 12.1. The van der Waals surface area contributed by atoms with Crippen molar-refractivity contribution < 1.29 is 9.59 Å². The molecule has 0 aliphatic carbocycles. The molecule has 0 fully saturated rings. The lowest BCUT2D eigenvalue weighted by Crippen LogP contribution is -2.22. The van der Waals surface area contributed by atoms with Crippen LogP contribution in [0.4, 0.5) is 11.4 Å². The van der Waals surface area contributed by atoms with Gasteiger partial charge in [0.15, 0.2) is 0 Å². The summed E-state index contributed by atoms with van der Waals surface area (Å²) in [6.07, 6.45) is 0.303. The van der Waals surface area contributed by atoms with E-state index < -0.39 is 0 Å². The largest absolute Gasteiger partial charge is 0.326 e. The van der Waals surface area contributed by atoms with Crippen LogP contribution in [0, 0.1) is 13.8 Å². The summed E-state index contributed by atoms with van der Waals surface area (Å²) in [6, 6.07) is 13.3. The van der Waals surface area contributed by atoms with Crippen LogP contribution in [0.3, 0.4) is 0 Å². The summed E-state index contributed by atoms with van der Waals surface area (Å²) in [5.41, 5.74) is 4.89. The fraction of sp³-hybridized carbons (Fsp3) is 0.263. The number of benzene rings is 2. The minimum atomic E-state index is -0.0547. The van der Waals surface area contributed by atoms with E-state index in [1.165, 1.54) is 12.5 Å². The number of hydrogen-bond donors (Lipinski definition) is 1. The van der Waals surface area contributed by atoms with Crippen LogP contribution in [0.5, 0.6) is 0 Å². The molecule has 2 aromatic carbocycles. The zero-order chi connectivity index (χ0) is 17.0. The van der Waals surface area contributed by atoms with E-state index in [0.29, 0.717) is 6.42 Å². The first-order chi connectivity index (χ1) is 10.9. The normalized spacial score (nSPS) is 10.3. The van der Waals surface area contributed by atoms with Gasteiger partial charge < -0.3 is 10.2 Å². The molecule has 1 N–H and O–H groups in total. The molecule has 0 unspecified atom stereocenters. The second kappa shape index (κ2) is 7.09. The Morgan fingerprint density at radius 1 is 1.00 bits per heavy atom. The van der Waals surface area contributed by atoms with Gasteiger partial charge in [0.1, 0.15) is 0 Å². The molecule has 0 saturated heterocycles. The van der Waals surface area contributed by atoms with E-state index in [0.717, 1.165) is 22.5 Å². The zero-order valence-electron chi connectivity index (χ0n) is 14.0. The van der Waals surface area contributed by atoms with Crippen molar-refractivity contribution in [2.45, 2.75) is 27.2 Å². The van der Waals surface area contributed by atoms with E-state index in [1.807, 2.05) is 56.3 Å². The van der Waals surface area contributed by atoms with Gasteiger partial charge in [-0.25, -0.2) is 0 Å². The summed E-state index contributed by atoms with van der Waals surface area (Å²) in [6.45, 7) is 5.58. The number of rotatable bonds is 4. The maximum absolute atomic E-state index is 12.1. The third-order valence-electron chi connectivity index (χ3n) is 3.95. The van der Waals surface area contributed by atoms with E-state index >= 15 is 0 Å². The summed E-state index contributed by atoms with van der Waals surface area (Å²) < 4.78 is 0. The topological polar surface area (TPSA) is 49.4 Å². The highest BCUT2D eigenvalue weighted by atomic mass is 16.2. The predicted molar refractivity (Wildman–Crippen MR) is 93.8 cm³/mol. The van der Waals surface area contributed by atoms with Crippen LogP contribution in [-0.4, -0.2) is 18.9 Å². The van der Waals surface area contributed by atoms with Gasteiger partial charge in [-0.05, 0) is 54.8 Å². The number of hydrogen-bond acceptors (Lipinski definition) is 2. The van der Waals surface area contributed by atoms with Crippen LogP contribution >= 0.6 is 0 Å². The van der Waals surface area contributed by atoms with Crippen LogP contribution in [0.25, 0.3) is 0 Å². The molecule has 0 spiro atoms. The van der Waals surface area contributed by atoms with Crippen LogP contribution in [0.1, 0.15) is 23.6 Å². The molecule has 2 aromatic rings. The van der Waals surface area contributed by atoms with E-state index in [2.05, 4.69) is 5.32 Å². The fourth-order valence-corrected chi connectivity index (χ4v) is 2.23. The van der Waals surface area contributed by atoms with Crippen molar-refractivity contribution in [3.8, 4) is 0 Å². The Morgan fingerprint density at radius 2 is 1.65 bits per heavy atom. The maximum Gasteiger partial charge on any atom is 0.228 e. The van der Waals surface area contributed by atoms with Crippen molar-refractivity contribution >= 4 is 23.2 Å². The van der Waals surface area contributed by atoms with Crippen LogP contribution in [0.15, 0.2) is 42.5 Å². The smallest absolute Gasteiger partial charge is 0.228 e. The highest BCUT2D eigenvalue weighted by Gasteiger charge is 2.08. The van der Waals surface area contributed by atoms with Crippen molar-refractivity contribution in [1.29, 1.82) is 0 Å². The molecule has 0 bridgehead atoms. The Labute approximate surface area is 137 Å². The van der Waals surface area contributed by atoms with Crippen molar-refractivity contribution in [3.63, 3.8) is 0 Å². The fourth-order valence-electron chi connectivity index (χ4n) is 2.23. The minimum Gasteiger partial charge on any atom is -0.326 e. The van der Waals surface area contributed by atoms with Gasteiger partial charge in [-0.3, -0.25) is 9.59 Å². The van der Waals surface area contributed by atoms with Crippen molar-refractivity contribution in [1.82, 2.24) is 0 Å². The van der Waals surface area contributed by atoms with Gasteiger partial charge in [0.05, 0.1) is 6.42 Å². The highest BCUT2D eigenvalue weighted by Crippen LogP contribution is 2.16. The molecule has 2 amide bonds. The second-order valence-corrected chi connectivity index (χ2v) is 5.77. The number of carbonyl (C=O) groups is 2.